The lowest BCUT2D eigenvalue weighted by Gasteiger charge is -2.26. The number of benzene rings is 6. The first-order valence-electron chi connectivity index (χ1n) is 17.4. The lowest BCUT2D eigenvalue weighted by molar-refractivity contribution is 0.0794. The maximum Gasteiger partial charge on any atom is 0.120 e. The van der Waals surface area contributed by atoms with Gasteiger partial charge in [0.15, 0.2) is 0 Å². The minimum absolute atomic E-state index is 0.235. The highest BCUT2D eigenvalue weighted by Crippen LogP contribution is 2.39. The molecule has 6 rings (SSSR count). The molecule has 0 spiro atoms. The number of aromatic hydroxyl groups is 1. The Morgan fingerprint density at radius 2 is 0.940 bits per heavy atom. The summed E-state index contributed by atoms with van der Waals surface area (Å²) < 4.78 is 10.7. The number of nitrogens with zero attached hydrogens (tertiary/aromatic N) is 2. The zero-order chi connectivity index (χ0) is 35.7. The van der Waals surface area contributed by atoms with E-state index in [1.54, 1.807) is 19.2 Å². The van der Waals surface area contributed by atoms with E-state index < -0.39 is 0 Å². The third-order valence-corrected chi connectivity index (χ3v) is 7.67. The highest BCUT2D eigenvalue weighted by atomic mass is 16.5. The zero-order valence-electron chi connectivity index (χ0n) is 30.2. The Bertz CT molecular complexity index is 1820. The van der Waals surface area contributed by atoms with Crippen LogP contribution in [-0.4, -0.2) is 24.9 Å². The van der Waals surface area contributed by atoms with E-state index in [4.69, 9.17) is 9.47 Å². The lowest BCUT2D eigenvalue weighted by Crippen LogP contribution is -2.10. The summed E-state index contributed by atoms with van der Waals surface area (Å²) in [5, 5.41) is 10.1. The minimum Gasteiger partial charge on any atom is -0.508 e. The molecule has 0 saturated heterocycles. The number of hydrogen-bond donors (Lipinski definition) is 1. The Morgan fingerprint density at radius 1 is 0.520 bits per heavy atom. The van der Waals surface area contributed by atoms with Gasteiger partial charge in [0.1, 0.15) is 11.5 Å². The van der Waals surface area contributed by atoms with E-state index in [1.807, 2.05) is 80.6 Å². The smallest absolute Gasteiger partial charge is 0.120 e. The number of para-hydroxylation sites is 2. The maximum absolute atomic E-state index is 10.1. The van der Waals surface area contributed by atoms with Crippen LogP contribution in [0.25, 0.3) is 11.1 Å². The van der Waals surface area contributed by atoms with Crippen LogP contribution in [0.5, 0.6) is 11.5 Å². The Morgan fingerprint density at radius 3 is 1.34 bits per heavy atom. The molecule has 258 valence electrons. The van der Waals surface area contributed by atoms with Crippen molar-refractivity contribution in [2.45, 2.75) is 47.1 Å². The number of phenols is 1. The van der Waals surface area contributed by atoms with Gasteiger partial charge in [-0.3, -0.25) is 0 Å². The molecule has 0 amide bonds. The SMILES string of the molecule is CC.CCCOC(C)C.COc1cccc(N(c2ccccc2)c2ccc(-c3ccc(N(c4ccccc4)c4cccc(O)c4)cc3)cc2)c1. The molecular weight excluding hydrogens is 617 g/mol. The lowest BCUT2D eigenvalue weighted by atomic mass is 10.0. The second-order valence-corrected chi connectivity index (χ2v) is 11.6. The number of ether oxygens (including phenoxy) is 2. The molecule has 1 N–H and O–H groups in total. The van der Waals surface area contributed by atoms with Gasteiger partial charge in [0.05, 0.1) is 13.2 Å². The van der Waals surface area contributed by atoms with Crippen LogP contribution in [-0.2, 0) is 4.74 Å². The molecule has 0 saturated carbocycles. The summed E-state index contributed by atoms with van der Waals surface area (Å²) in [7, 11) is 1.69. The molecule has 6 aromatic rings. The van der Waals surface area contributed by atoms with E-state index in [2.05, 4.69) is 109 Å². The quantitative estimate of drug-likeness (QED) is 0.149. The fourth-order valence-corrected chi connectivity index (χ4v) is 5.39. The molecular formula is C45H50N2O3. The van der Waals surface area contributed by atoms with Crippen LogP contribution in [0.1, 0.15) is 41.0 Å². The highest BCUT2D eigenvalue weighted by Gasteiger charge is 2.15. The van der Waals surface area contributed by atoms with E-state index >= 15 is 0 Å². The number of methoxy groups -OCH3 is 1. The summed E-state index contributed by atoms with van der Waals surface area (Å²) in [5.41, 5.74) is 8.34. The van der Waals surface area contributed by atoms with Crippen LogP contribution in [0.4, 0.5) is 34.1 Å². The zero-order valence-corrected chi connectivity index (χ0v) is 30.2. The largest absolute Gasteiger partial charge is 0.508 e. The Labute approximate surface area is 299 Å². The Balaban J connectivity index is 0.000000559. The molecule has 50 heavy (non-hydrogen) atoms. The van der Waals surface area contributed by atoms with Crippen molar-refractivity contribution in [3.8, 4) is 22.6 Å². The topological polar surface area (TPSA) is 45.2 Å². The molecule has 0 aromatic heterocycles. The van der Waals surface area contributed by atoms with Crippen molar-refractivity contribution in [3.05, 3.63) is 158 Å². The van der Waals surface area contributed by atoms with Gasteiger partial charge in [-0.2, -0.15) is 0 Å². The highest BCUT2D eigenvalue weighted by molar-refractivity contribution is 5.81. The van der Waals surface area contributed by atoms with E-state index in [-0.39, 0.29) is 5.75 Å². The van der Waals surface area contributed by atoms with E-state index in [1.165, 1.54) is 0 Å². The van der Waals surface area contributed by atoms with Gasteiger partial charge in [-0.05, 0) is 104 Å². The third kappa shape index (κ3) is 10.2. The van der Waals surface area contributed by atoms with Gasteiger partial charge in [-0.15, -0.1) is 0 Å². The average molecular weight is 667 g/mol. The van der Waals surface area contributed by atoms with Gasteiger partial charge < -0.3 is 24.4 Å². The molecule has 0 heterocycles. The third-order valence-electron chi connectivity index (χ3n) is 7.67. The fraction of sp³-hybridized carbons (Fsp3) is 0.200. The van der Waals surface area contributed by atoms with Gasteiger partial charge in [0, 0.05) is 52.9 Å². The Hall–Kier alpha value is -5.52. The second kappa shape index (κ2) is 19.5. The van der Waals surface area contributed by atoms with E-state index in [0.717, 1.165) is 64.0 Å². The normalized spacial score (nSPS) is 10.3. The summed E-state index contributed by atoms with van der Waals surface area (Å²) >= 11 is 0. The molecule has 0 aliphatic heterocycles. The van der Waals surface area contributed by atoms with Crippen molar-refractivity contribution in [2.75, 3.05) is 23.5 Å². The number of anilines is 6. The van der Waals surface area contributed by atoms with Crippen LogP contribution >= 0.6 is 0 Å². The maximum atomic E-state index is 10.1. The molecule has 0 aliphatic carbocycles. The first-order chi connectivity index (χ1) is 24.5. The molecule has 0 radical (unpaired) electrons. The number of rotatable bonds is 11. The number of hydrogen-bond acceptors (Lipinski definition) is 5. The van der Waals surface area contributed by atoms with Crippen LogP contribution in [0.3, 0.4) is 0 Å². The van der Waals surface area contributed by atoms with Crippen molar-refractivity contribution in [1.82, 2.24) is 0 Å². The van der Waals surface area contributed by atoms with Crippen molar-refractivity contribution < 1.29 is 14.6 Å². The van der Waals surface area contributed by atoms with Gasteiger partial charge >= 0.3 is 0 Å². The fourth-order valence-electron chi connectivity index (χ4n) is 5.39. The predicted molar refractivity (Wildman–Crippen MR) is 212 cm³/mol. The Kier molecular flexibility index (Phi) is 14.5. The van der Waals surface area contributed by atoms with Gasteiger partial charge in [0.25, 0.3) is 0 Å². The van der Waals surface area contributed by atoms with Crippen molar-refractivity contribution in [2.24, 2.45) is 0 Å². The second-order valence-electron chi connectivity index (χ2n) is 11.6. The molecule has 0 unspecified atom stereocenters. The molecule has 0 fully saturated rings. The standard InChI is InChI=1S/C37H30N2O2.C6H14O.C2H6/c1-41-37-17-9-15-35(27-37)39(31-12-6-3-7-13-31)33-24-20-29(21-25-33)28-18-22-32(23-19-28)38(30-10-4-2-5-11-30)34-14-8-16-36(40)26-34;1-4-5-7-6(2)3;1-2/h2-27,40H,1H3;6H,4-5H2,1-3H3;1-2H3. The van der Waals surface area contributed by atoms with Crippen LogP contribution in [0, 0.1) is 0 Å². The van der Waals surface area contributed by atoms with Crippen molar-refractivity contribution in [1.29, 1.82) is 0 Å². The number of phenolic OH excluding ortho intramolecular Hbond substituents is 1. The van der Waals surface area contributed by atoms with Crippen LogP contribution < -0.4 is 14.5 Å². The van der Waals surface area contributed by atoms with Crippen molar-refractivity contribution in [3.63, 3.8) is 0 Å². The van der Waals surface area contributed by atoms with Gasteiger partial charge in [-0.1, -0.05) is 93.6 Å². The van der Waals surface area contributed by atoms with Gasteiger partial charge in [0.2, 0.25) is 0 Å². The molecule has 6 aromatic carbocycles. The van der Waals surface area contributed by atoms with Gasteiger partial charge in [-0.25, -0.2) is 0 Å². The minimum atomic E-state index is 0.235. The summed E-state index contributed by atoms with van der Waals surface area (Å²) in [4.78, 5) is 4.36. The summed E-state index contributed by atoms with van der Waals surface area (Å²) in [6.45, 7) is 11.1. The van der Waals surface area contributed by atoms with E-state index in [0.29, 0.717) is 6.10 Å². The van der Waals surface area contributed by atoms with Crippen LogP contribution in [0.15, 0.2) is 158 Å². The molecule has 5 nitrogen and oxygen atoms in total. The average Bonchev–Trinajstić information content (AvgIpc) is 3.17. The first kappa shape index (κ1) is 37.3. The summed E-state index contributed by atoms with van der Waals surface area (Å²) in [6.07, 6.45) is 1.53. The monoisotopic (exact) mass is 666 g/mol. The summed E-state index contributed by atoms with van der Waals surface area (Å²) in [6, 6.07) is 53.1. The van der Waals surface area contributed by atoms with Crippen molar-refractivity contribution >= 4 is 34.1 Å². The molecule has 0 atom stereocenters. The molecule has 5 heteroatoms. The molecule has 0 bridgehead atoms. The molecule has 0 aliphatic rings. The van der Waals surface area contributed by atoms with Crippen LogP contribution in [0.2, 0.25) is 0 Å². The summed E-state index contributed by atoms with van der Waals surface area (Å²) in [5.74, 6) is 1.05. The predicted octanol–water partition coefficient (Wildman–Crippen LogP) is 12.9. The van der Waals surface area contributed by atoms with E-state index in [9.17, 15) is 5.11 Å². The first-order valence-corrected chi connectivity index (χ1v) is 17.4.